The van der Waals surface area contributed by atoms with Gasteiger partial charge in [-0.15, -0.1) is 0 Å². The molecule has 0 spiro atoms. The number of hydrogen-bond donors (Lipinski definition) is 2. The average molecular weight is 269 g/mol. The Balaban J connectivity index is 2.11. The van der Waals surface area contributed by atoms with Gasteiger partial charge in [0.2, 0.25) is 5.91 Å². The quantitative estimate of drug-likeness (QED) is 0.885. The molecular formula is C13H17ClN2O2. The standard InChI is InChI=1S/C13H17ClN2O2/c1-18-8-5-6-10(14)12(7-8)16-13(17)9-3-2-4-11(9)15/h5-7,9,11H,2-4,15H2,1H3,(H,16,17). The summed E-state index contributed by atoms with van der Waals surface area (Å²) in [6.45, 7) is 0. The van der Waals surface area contributed by atoms with Crippen LogP contribution in [0, 0.1) is 5.92 Å². The van der Waals surface area contributed by atoms with E-state index in [9.17, 15) is 4.79 Å². The summed E-state index contributed by atoms with van der Waals surface area (Å²) in [6, 6.07) is 5.11. The third-order valence-corrected chi connectivity index (χ3v) is 3.67. The summed E-state index contributed by atoms with van der Waals surface area (Å²) in [5.41, 5.74) is 6.48. The van der Waals surface area contributed by atoms with E-state index in [4.69, 9.17) is 22.1 Å². The minimum Gasteiger partial charge on any atom is -0.497 e. The molecule has 98 valence electrons. The van der Waals surface area contributed by atoms with Crippen LogP contribution in [0.3, 0.4) is 0 Å². The molecule has 3 N–H and O–H groups in total. The number of ether oxygens (including phenoxy) is 1. The Hall–Kier alpha value is -1.26. The molecule has 2 atom stereocenters. The van der Waals surface area contributed by atoms with Crippen LogP contribution in [-0.2, 0) is 4.79 Å². The van der Waals surface area contributed by atoms with E-state index in [1.807, 2.05) is 0 Å². The molecule has 1 fully saturated rings. The molecule has 1 aliphatic rings. The summed E-state index contributed by atoms with van der Waals surface area (Å²) < 4.78 is 5.10. The van der Waals surface area contributed by atoms with Crippen molar-refractivity contribution >= 4 is 23.2 Å². The fourth-order valence-electron chi connectivity index (χ4n) is 2.27. The summed E-state index contributed by atoms with van der Waals surface area (Å²) in [5.74, 6) is 0.479. The number of nitrogens with one attached hydrogen (secondary N) is 1. The van der Waals surface area contributed by atoms with Gasteiger partial charge in [0.05, 0.1) is 23.7 Å². The highest BCUT2D eigenvalue weighted by Gasteiger charge is 2.30. The number of hydrogen-bond acceptors (Lipinski definition) is 3. The van der Waals surface area contributed by atoms with E-state index in [0.717, 1.165) is 19.3 Å². The highest BCUT2D eigenvalue weighted by atomic mass is 35.5. The van der Waals surface area contributed by atoms with Crippen LogP contribution in [0.2, 0.25) is 5.02 Å². The minimum atomic E-state index is -0.118. The first-order chi connectivity index (χ1) is 8.61. The number of halogens is 1. The molecule has 1 aromatic carbocycles. The van der Waals surface area contributed by atoms with Gasteiger partial charge in [0.25, 0.3) is 0 Å². The van der Waals surface area contributed by atoms with Crippen LogP contribution < -0.4 is 15.8 Å². The maximum Gasteiger partial charge on any atom is 0.229 e. The van der Waals surface area contributed by atoms with E-state index >= 15 is 0 Å². The lowest BCUT2D eigenvalue weighted by Gasteiger charge is -2.16. The van der Waals surface area contributed by atoms with Gasteiger partial charge in [-0.2, -0.15) is 0 Å². The molecule has 0 aliphatic heterocycles. The second kappa shape index (κ2) is 5.59. The average Bonchev–Trinajstić information content (AvgIpc) is 2.78. The van der Waals surface area contributed by atoms with Crippen LogP contribution in [0.5, 0.6) is 5.75 Å². The van der Waals surface area contributed by atoms with Crippen LogP contribution in [0.25, 0.3) is 0 Å². The molecule has 4 nitrogen and oxygen atoms in total. The van der Waals surface area contributed by atoms with E-state index < -0.39 is 0 Å². The van der Waals surface area contributed by atoms with Gasteiger partial charge < -0.3 is 15.8 Å². The first-order valence-electron chi connectivity index (χ1n) is 6.02. The zero-order valence-corrected chi connectivity index (χ0v) is 11.0. The fraction of sp³-hybridized carbons (Fsp3) is 0.462. The number of carbonyl (C=O) groups excluding carboxylic acids is 1. The predicted octanol–water partition coefficient (Wildman–Crippen LogP) is 2.41. The molecule has 0 radical (unpaired) electrons. The van der Waals surface area contributed by atoms with Gasteiger partial charge >= 0.3 is 0 Å². The molecule has 0 heterocycles. The van der Waals surface area contributed by atoms with Crippen molar-refractivity contribution in [2.75, 3.05) is 12.4 Å². The van der Waals surface area contributed by atoms with Crippen LogP contribution in [0.4, 0.5) is 5.69 Å². The lowest BCUT2D eigenvalue weighted by molar-refractivity contribution is -0.120. The van der Waals surface area contributed by atoms with Crippen LogP contribution >= 0.6 is 11.6 Å². The predicted molar refractivity (Wildman–Crippen MR) is 72.0 cm³/mol. The van der Waals surface area contributed by atoms with Crippen molar-refractivity contribution < 1.29 is 9.53 Å². The lowest BCUT2D eigenvalue weighted by Crippen LogP contribution is -2.34. The summed E-state index contributed by atoms with van der Waals surface area (Å²) in [7, 11) is 1.57. The highest BCUT2D eigenvalue weighted by Crippen LogP contribution is 2.29. The lowest BCUT2D eigenvalue weighted by atomic mass is 10.0. The normalized spacial score (nSPS) is 22.8. The molecule has 0 bridgehead atoms. The SMILES string of the molecule is COc1ccc(Cl)c(NC(=O)C2CCCC2N)c1. The van der Waals surface area contributed by atoms with E-state index in [1.54, 1.807) is 25.3 Å². The molecule has 0 saturated heterocycles. The van der Waals surface area contributed by atoms with Crippen LogP contribution in [-0.4, -0.2) is 19.1 Å². The fourth-order valence-corrected chi connectivity index (χ4v) is 2.43. The van der Waals surface area contributed by atoms with Gasteiger partial charge in [-0.25, -0.2) is 0 Å². The van der Waals surface area contributed by atoms with Crippen molar-refractivity contribution in [1.82, 2.24) is 0 Å². The van der Waals surface area contributed by atoms with Gasteiger partial charge in [0.1, 0.15) is 5.75 Å². The molecule has 2 unspecified atom stereocenters. The number of carbonyl (C=O) groups is 1. The summed E-state index contributed by atoms with van der Waals surface area (Å²) in [4.78, 5) is 12.1. The number of amides is 1. The molecule has 18 heavy (non-hydrogen) atoms. The molecule has 1 aliphatic carbocycles. The van der Waals surface area contributed by atoms with E-state index in [1.165, 1.54) is 0 Å². The molecular weight excluding hydrogens is 252 g/mol. The van der Waals surface area contributed by atoms with E-state index in [0.29, 0.717) is 16.5 Å². The summed E-state index contributed by atoms with van der Waals surface area (Å²) in [5, 5.41) is 3.32. The number of benzene rings is 1. The maximum absolute atomic E-state index is 12.1. The zero-order chi connectivity index (χ0) is 13.1. The smallest absolute Gasteiger partial charge is 0.229 e. The summed E-state index contributed by atoms with van der Waals surface area (Å²) >= 11 is 6.04. The van der Waals surface area contributed by atoms with Gasteiger partial charge in [0.15, 0.2) is 0 Å². The number of methoxy groups -OCH3 is 1. The molecule has 1 amide bonds. The van der Waals surface area contributed by atoms with E-state index in [-0.39, 0.29) is 17.9 Å². The van der Waals surface area contributed by atoms with Crippen molar-refractivity contribution in [3.63, 3.8) is 0 Å². The highest BCUT2D eigenvalue weighted by molar-refractivity contribution is 6.33. The van der Waals surface area contributed by atoms with Gasteiger partial charge in [-0.05, 0) is 25.0 Å². The number of rotatable bonds is 3. The molecule has 2 rings (SSSR count). The zero-order valence-electron chi connectivity index (χ0n) is 10.3. The van der Waals surface area contributed by atoms with Crippen molar-refractivity contribution in [3.05, 3.63) is 23.2 Å². The molecule has 1 saturated carbocycles. The first-order valence-corrected chi connectivity index (χ1v) is 6.39. The third kappa shape index (κ3) is 2.76. The van der Waals surface area contributed by atoms with E-state index in [2.05, 4.69) is 5.32 Å². The molecule has 1 aromatic rings. The summed E-state index contributed by atoms with van der Waals surface area (Å²) in [6.07, 6.45) is 2.75. The Morgan fingerprint density at radius 2 is 2.28 bits per heavy atom. The molecule has 5 heteroatoms. The van der Waals surface area contributed by atoms with Crippen molar-refractivity contribution in [2.45, 2.75) is 25.3 Å². The van der Waals surface area contributed by atoms with Crippen molar-refractivity contribution in [2.24, 2.45) is 11.7 Å². The Kier molecular flexibility index (Phi) is 4.09. The van der Waals surface area contributed by atoms with Crippen molar-refractivity contribution in [3.8, 4) is 5.75 Å². The maximum atomic E-state index is 12.1. The van der Waals surface area contributed by atoms with Gasteiger partial charge in [-0.3, -0.25) is 4.79 Å². The van der Waals surface area contributed by atoms with Gasteiger partial charge in [-0.1, -0.05) is 18.0 Å². The van der Waals surface area contributed by atoms with Crippen molar-refractivity contribution in [1.29, 1.82) is 0 Å². The Morgan fingerprint density at radius 1 is 1.50 bits per heavy atom. The number of anilines is 1. The third-order valence-electron chi connectivity index (χ3n) is 3.34. The minimum absolute atomic E-state index is 0.0469. The second-order valence-corrected chi connectivity index (χ2v) is 4.94. The second-order valence-electron chi connectivity index (χ2n) is 4.54. The Morgan fingerprint density at radius 3 is 2.89 bits per heavy atom. The number of nitrogens with two attached hydrogens (primary N) is 1. The van der Waals surface area contributed by atoms with Gasteiger partial charge in [0, 0.05) is 12.1 Å². The topological polar surface area (TPSA) is 64.3 Å². The van der Waals surface area contributed by atoms with Crippen LogP contribution in [0.1, 0.15) is 19.3 Å². The molecule has 0 aromatic heterocycles. The monoisotopic (exact) mass is 268 g/mol. The Bertz CT molecular complexity index is 451. The Labute approximate surface area is 111 Å². The first kappa shape index (κ1) is 13.2. The van der Waals surface area contributed by atoms with Crippen LogP contribution in [0.15, 0.2) is 18.2 Å². The largest absolute Gasteiger partial charge is 0.497 e.